The van der Waals surface area contributed by atoms with Crippen LogP contribution in [0.1, 0.15) is 23.7 Å². The zero-order chi connectivity index (χ0) is 17.5. The van der Waals surface area contributed by atoms with Crippen LogP contribution in [0, 0.1) is 0 Å². The number of benzene rings is 3. The average molecular weight is 337 g/mol. The van der Waals surface area contributed by atoms with E-state index in [1.807, 2.05) is 18.2 Å². The Kier molecular flexibility index (Phi) is 3.42. The zero-order valence-electron chi connectivity index (χ0n) is 14.6. The minimum absolute atomic E-state index is 0.910. The molecule has 0 saturated heterocycles. The van der Waals surface area contributed by atoms with Gasteiger partial charge in [0, 0.05) is 16.6 Å². The van der Waals surface area contributed by atoms with Crippen molar-refractivity contribution < 1.29 is 4.74 Å². The van der Waals surface area contributed by atoms with E-state index in [1.54, 1.807) is 0 Å². The fraction of sp³-hybridized carbons (Fsp3) is 0.0833. The molecule has 5 rings (SSSR count). The first-order valence-corrected chi connectivity index (χ1v) is 9.03. The molecule has 4 aromatic rings. The maximum Gasteiger partial charge on any atom is 0.159 e. The first-order valence-electron chi connectivity index (χ1n) is 9.03. The van der Waals surface area contributed by atoms with Crippen LogP contribution in [0.25, 0.3) is 28.7 Å². The van der Waals surface area contributed by atoms with Crippen molar-refractivity contribution in [3.05, 3.63) is 89.6 Å². The van der Waals surface area contributed by atoms with Gasteiger partial charge >= 0.3 is 0 Å². The monoisotopic (exact) mass is 337 g/mol. The van der Waals surface area contributed by atoms with E-state index in [4.69, 9.17) is 4.74 Å². The molecule has 0 fully saturated rings. The summed E-state index contributed by atoms with van der Waals surface area (Å²) in [5, 5.41) is 1.23. The van der Waals surface area contributed by atoms with E-state index in [9.17, 15) is 0 Å². The topological polar surface area (TPSA) is 14.2 Å². The number of aryl methyl sites for hydroxylation is 1. The molecule has 126 valence electrons. The van der Waals surface area contributed by atoms with Crippen LogP contribution in [0.4, 0.5) is 0 Å². The van der Waals surface area contributed by atoms with Crippen molar-refractivity contribution in [2.24, 2.45) is 0 Å². The van der Waals surface area contributed by atoms with E-state index in [1.165, 1.54) is 16.6 Å². The summed E-state index contributed by atoms with van der Waals surface area (Å²) in [5.74, 6) is 1.85. The van der Waals surface area contributed by atoms with Crippen LogP contribution in [0.3, 0.4) is 0 Å². The molecule has 0 bridgehead atoms. The van der Waals surface area contributed by atoms with Gasteiger partial charge in [-0.3, -0.25) is 0 Å². The Morgan fingerprint density at radius 2 is 1.69 bits per heavy atom. The molecule has 26 heavy (non-hydrogen) atoms. The lowest BCUT2D eigenvalue weighted by Gasteiger charge is -2.23. The van der Waals surface area contributed by atoms with Crippen molar-refractivity contribution in [3.63, 3.8) is 0 Å². The molecule has 0 amide bonds. The number of aromatic nitrogens is 1. The van der Waals surface area contributed by atoms with Crippen molar-refractivity contribution >= 4 is 23.1 Å². The molecule has 3 aromatic carbocycles. The smallest absolute Gasteiger partial charge is 0.159 e. The Morgan fingerprint density at radius 3 is 2.54 bits per heavy atom. The molecule has 0 N–H and O–H groups in total. The number of para-hydroxylation sites is 2. The fourth-order valence-corrected chi connectivity index (χ4v) is 3.70. The predicted molar refractivity (Wildman–Crippen MR) is 108 cm³/mol. The summed E-state index contributed by atoms with van der Waals surface area (Å²) in [4.78, 5) is 0. The van der Waals surface area contributed by atoms with Gasteiger partial charge in [-0.15, -0.1) is 0 Å². The van der Waals surface area contributed by atoms with E-state index >= 15 is 0 Å². The number of hydrogen-bond donors (Lipinski definition) is 0. The minimum atomic E-state index is 0.910. The van der Waals surface area contributed by atoms with Crippen LogP contribution in [0.15, 0.2) is 72.8 Å². The van der Waals surface area contributed by atoms with Crippen LogP contribution < -0.4 is 4.74 Å². The van der Waals surface area contributed by atoms with Crippen molar-refractivity contribution in [3.8, 4) is 17.2 Å². The molecular formula is C24H19NO. The third kappa shape index (κ3) is 2.26. The maximum atomic E-state index is 6.35. The summed E-state index contributed by atoms with van der Waals surface area (Å²) < 4.78 is 8.71. The Labute approximate surface area is 153 Å². The number of nitrogens with zero attached hydrogens (tertiary/aromatic N) is 1. The van der Waals surface area contributed by atoms with E-state index in [2.05, 4.69) is 78.2 Å². The number of fused-ring (bicyclic) bond motifs is 2. The normalized spacial score (nSPS) is 12.3. The SMILES string of the molecule is CCc1cc2ccc(/C=C/c3ccccc3)c3c2n1-c1ccccc1O3. The quantitative estimate of drug-likeness (QED) is 0.344. The summed E-state index contributed by atoms with van der Waals surface area (Å²) >= 11 is 0. The third-order valence-corrected chi connectivity index (χ3v) is 4.96. The number of hydrogen-bond acceptors (Lipinski definition) is 1. The summed E-state index contributed by atoms with van der Waals surface area (Å²) in [6.07, 6.45) is 5.26. The largest absolute Gasteiger partial charge is 0.452 e. The molecular weight excluding hydrogens is 318 g/mol. The summed E-state index contributed by atoms with van der Waals surface area (Å²) in [6, 6.07) is 25.2. The highest BCUT2D eigenvalue weighted by Gasteiger charge is 2.23. The second-order valence-corrected chi connectivity index (χ2v) is 6.56. The molecule has 0 spiro atoms. The average Bonchev–Trinajstić information content (AvgIpc) is 3.08. The molecule has 2 heteroatoms. The van der Waals surface area contributed by atoms with Gasteiger partial charge in [0.2, 0.25) is 0 Å². The van der Waals surface area contributed by atoms with Gasteiger partial charge in [0.05, 0.1) is 11.2 Å². The standard InChI is InChI=1S/C24H19NO/c1-2-20-16-19-15-14-18(13-12-17-8-4-3-5-9-17)24-23(19)25(20)21-10-6-7-11-22(21)26-24/h3-16H,2H2,1H3/b13-12+. The second kappa shape index (κ2) is 5.92. The van der Waals surface area contributed by atoms with Crippen LogP contribution in [-0.2, 0) is 6.42 Å². The molecule has 0 radical (unpaired) electrons. The van der Waals surface area contributed by atoms with Gasteiger partial charge in [0.15, 0.2) is 11.5 Å². The van der Waals surface area contributed by atoms with Gasteiger partial charge in [-0.05, 0) is 30.2 Å². The Hall–Kier alpha value is -3.26. The zero-order valence-corrected chi connectivity index (χ0v) is 14.6. The molecule has 0 unspecified atom stereocenters. The van der Waals surface area contributed by atoms with Gasteiger partial charge in [-0.25, -0.2) is 0 Å². The molecule has 1 aromatic heterocycles. The number of ether oxygens (including phenoxy) is 1. The highest BCUT2D eigenvalue weighted by Crippen LogP contribution is 2.44. The van der Waals surface area contributed by atoms with Crippen LogP contribution in [0.5, 0.6) is 11.5 Å². The van der Waals surface area contributed by atoms with Crippen LogP contribution in [0.2, 0.25) is 0 Å². The van der Waals surface area contributed by atoms with Crippen molar-refractivity contribution in [2.75, 3.05) is 0 Å². The van der Waals surface area contributed by atoms with Gasteiger partial charge in [0.25, 0.3) is 0 Å². The van der Waals surface area contributed by atoms with Gasteiger partial charge in [-0.1, -0.05) is 73.7 Å². The molecule has 1 aliphatic rings. The predicted octanol–water partition coefficient (Wildman–Crippen LogP) is 6.47. The molecule has 2 heterocycles. The first kappa shape index (κ1) is 15.0. The Morgan fingerprint density at radius 1 is 0.885 bits per heavy atom. The Balaban J connectivity index is 1.73. The van der Waals surface area contributed by atoms with Crippen molar-refractivity contribution in [1.29, 1.82) is 0 Å². The van der Waals surface area contributed by atoms with Crippen molar-refractivity contribution in [1.82, 2.24) is 4.57 Å². The lowest BCUT2D eigenvalue weighted by molar-refractivity contribution is 0.473. The van der Waals surface area contributed by atoms with E-state index in [0.29, 0.717) is 0 Å². The molecule has 0 saturated carbocycles. The molecule has 0 aliphatic carbocycles. The van der Waals surface area contributed by atoms with Gasteiger partial charge < -0.3 is 9.30 Å². The van der Waals surface area contributed by atoms with Crippen LogP contribution >= 0.6 is 0 Å². The summed E-state index contributed by atoms with van der Waals surface area (Å²) in [5.41, 5.74) is 5.87. The minimum Gasteiger partial charge on any atom is -0.452 e. The summed E-state index contributed by atoms with van der Waals surface area (Å²) in [7, 11) is 0. The molecule has 0 atom stereocenters. The highest BCUT2D eigenvalue weighted by molar-refractivity contribution is 5.95. The molecule has 1 aliphatic heterocycles. The highest BCUT2D eigenvalue weighted by atomic mass is 16.5. The maximum absolute atomic E-state index is 6.35. The lowest BCUT2D eigenvalue weighted by Crippen LogP contribution is -2.07. The summed E-state index contributed by atoms with van der Waals surface area (Å²) in [6.45, 7) is 2.20. The van der Waals surface area contributed by atoms with Crippen LogP contribution in [-0.4, -0.2) is 4.57 Å². The fourth-order valence-electron chi connectivity index (χ4n) is 3.70. The van der Waals surface area contributed by atoms with Gasteiger partial charge in [0.1, 0.15) is 0 Å². The van der Waals surface area contributed by atoms with Crippen molar-refractivity contribution in [2.45, 2.75) is 13.3 Å². The Bertz CT molecular complexity index is 1140. The van der Waals surface area contributed by atoms with Gasteiger partial charge in [-0.2, -0.15) is 0 Å². The lowest BCUT2D eigenvalue weighted by atomic mass is 10.1. The van der Waals surface area contributed by atoms with E-state index in [-0.39, 0.29) is 0 Å². The second-order valence-electron chi connectivity index (χ2n) is 6.56. The third-order valence-electron chi connectivity index (χ3n) is 4.96. The first-order chi connectivity index (χ1) is 12.8. The number of rotatable bonds is 3. The van der Waals surface area contributed by atoms with E-state index in [0.717, 1.165) is 34.7 Å². The molecule has 2 nitrogen and oxygen atoms in total. The van der Waals surface area contributed by atoms with E-state index < -0.39 is 0 Å².